The maximum atomic E-state index is 13.2. The van der Waals surface area contributed by atoms with E-state index in [2.05, 4.69) is 15.3 Å². The van der Waals surface area contributed by atoms with Crippen LogP contribution in [0.2, 0.25) is 0 Å². The molecular weight excluding hydrogens is 389 g/mol. The molecule has 0 radical (unpaired) electrons. The number of aromatic nitrogens is 2. The molecule has 29 heavy (non-hydrogen) atoms. The summed E-state index contributed by atoms with van der Waals surface area (Å²) in [5.74, 6) is 0.159. The molecule has 0 unspecified atom stereocenters. The lowest BCUT2D eigenvalue weighted by atomic mass is 10.1. The molecule has 1 amide bonds. The summed E-state index contributed by atoms with van der Waals surface area (Å²) in [5, 5.41) is 2.94. The zero-order valence-corrected chi connectivity index (χ0v) is 16.4. The summed E-state index contributed by atoms with van der Waals surface area (Å²) >= 11 is 1.32. The van der Waals surface area contributed by atoms with Gasteiger partial charge >= 0.3 is 0 Å². The van der Waals surface area contributed by atoms with Crippen LogP contribution in [0.5, 0.6) is 5.75 Å². The summed E-state index contributed by atoms with van der Waals surface area (Å²) in [6.45, 7) is 0. The number of nitrogens with one attached hydrogen (secondary N) is 2. The van der Waals surface area contributed by atoms with Crippen LogP contribution in [0.3, 0.4) is 0 Å². The second-order valence-electron chi connectivity index (χ2n) is 6.33. The molecule has 1 heterocycles. The minimum absolute atomic E-state index is 0.217. The van der Waals surface area contributed by atoms with E-state index in [1.54, 1.807) is 7.11 Å². The molecule has 0 fully saturated rings. The largest absolute Gasteiger partial charge is 0.497 e. The number of aromatic amines is 1. The number of imidazole rings is 1. The van der Waals surface area contributed by atoms with E-state index in [0.717, 1.165) is 22.3 Å². The van der Waals surface area contributed by atoms with Crippen molar-refractivity contribution in [1.82, 2.24) is 9.97 Å². The number of halogens is 1. The fraction of sp³-hybridized carbons (Fsp3) is 0.0909. The average Bonchev–Trinajstić information content (AvgIpc) is 3.16. The molecule has 0 aliphatic rings. The highest BCUT2D eigenvalue weighted by Gasteiger charge is 2.24. The van der Waals surface area contributed by atoms with Crippen LogP contribution in [0, 0.1) is 5.82 Å². The summed E-state index contributed by atoms with van der Waals surface area (Å²) in [7, 11) is 1.61. The first-order valence-corrected chi connectivity index (χ1v) is 9.82. The first kappa shape index (κ1) is 19.0. The van der Waals surface area contributed by atoms with Crippen molar-refractivity contribution in [2.45, 2.75) is 10.4 Å². The fourth-order valence-corrected chi connectivity index (χ4v) is 3.90. The zero-order valence-electron chi connectivity index (χ0n) is 15.6. The molecular formula is C22H18FN3O2S. The molecule has 146 valence electrons. The number of hydrogen-bond acceptors (Lipinski definition) is 4. The van der Waals surface area contributed by atoms with Gasteiger partial charge in [0.1, 0.15) is 16.8 Å². The third-order valence-corrected chi connectivity index (χ3v) is 5.49. The lowest BCUT2D eigenvalue weighted by Crippen LogP contribution is -2.19. The number of rotatable bonds is 6. The van der Waals surface area contributed by atoms with Crippen LogP contribution in [0.1, 0.15) is 10.8 Å². The quantitative estimate of drug-likeness (QED) is 0.432. The van der Waals surface area contributed by atoms with Gasteiger partial charge in [-0.25, -0.2) is 9.37 Å². The Hall–Kier alpha value is -3.32. The smallest absolute Gasteiger partial charge is 0.242 e. The zero-order chi connectivity index (χ0) is 20.2. The highest BCUT2D eigenvalue weighted by Crippen LogP contribution is 2.36. The highest BCUT2D eigenvalue weighted by atomic mass is 32.2. The Morgan fingerprint density at radius 3 is 2.59 bits per heavy atom. The van der Waals surface area contributed by atoms with Crippen LogP contribution in [0.25, 0.3) is 11.0 Å². The van der Waals surface area contributed by atoms with Gasteiger partial charge in [-0.3, -0.25) is 4.79 Å². The molecule has 7 heteroatoms. The molecule has 4 aromatic rings. The van der Waals surface area contributed by atoms with Crippen molar-refractivity contribution in [2.75, 3.05) is 12.4 Å². The monoisotopic (exact) mass is 407 g/mol. The maximum absolute atomic E-state index is 13.2. The highest BCUT2D eigenvalue weighted by molar-refractivity contribution is 8.00. The summed E-state index contributed by atoms with van der Waals surface area (Å²) < 4.78 is 18.4. The Labute approximate surface area is 171 Å². The van der Waals surface area contributed by atoms with Gasteiger partial charge in [-0.2, -0.15) is 0 Å². The van der Waals surface area contributed by atoms with Crippen LogP contribution < -0.4 is 10.1 Å². The van der Waals surface area contributed by atoms with Crippen molar-refractivity contribution in [3.8, 4) is 5.75 Å². The molecule has 0 aliphatic carbocycles. The molecule has 0 aliphatic heterocycles. The number of benzene rings is 3. The van der Waals surface area contributed by atoms with E-state index in [1.807, 2.05) is 48.5 Å². The molecule has 1 aromatic heterocycles. The third-order valence-electron chi connectivity index (χ3n) is 4.35. The van der Waals surface area contributed by atoms with Crippen molar-refractivity contribution >= 4 is 34.4 Å². The standard InChI is InChI=1S/C22H18FN3O2S/c1-28-17-11-12-18-19(13-17)26-22(25-18)29-20(14-5-3-2-4-6-14)21(27)24-16-9-7-15(23)8-10-16/h2-13,20H,1H3,(H,24,27)(H,25,26)/t20-/m1/s1. The SMILES string of the molecule is COc1ccc2nc(S[C@@H](C(=O)Nc3ccc(F)cc3)c3ccccc3)[nH]c2c1. The Morgan fingerprint density at radius 1 is 1.10 bits per heavy atom. The molecule has 3 aromatic carbocycles. The summed E-state index contributed by atoms with van der Waals surface area (Å²) in [6, 6.07) is 20.7. The molecule has 0 saturated heterocycles. The van der Waals surface area contributed by atoms with Crippen molar-refractivity contribution in [2.24, 2.45) is 0 Å². The summed E-state index contributed by atoms with van der Waals surface area (Å²) in [6.07, 6.45) is 0. The van der Waals surface area contributed by atoms with E-state index in [4.69, 9.17) is 4.74 Å². The number of amides is 1. The summed E-state index contributed by atoms with van der Waals surface area (Å²) in [5.41, 5.74) is 3.00. The first-order chi connectivity index (χ1) is 14.1. The number of methoxy groups -OCH3 is 1. The number of H-pyrrole nitrogens is 1. The minimum atomic E-state index is -0.538. The van der Waals surface area contributed by atoms with Gasteiger partial charge in [0.15, 0.2) is 5.16 Å². The molecule has 5 nitrogen and oxygen atoms in total. The van der Waals surface area contributed by atoms with E-state index >= 15 is 0 Å². The van der Waals surface area contributed by atoms with Crippen LogP contribution in [-0.4, -0.2) is 23.0 Å². The van der Waals surface area contributed by atoms with Crippen molar-refractivity contribution in [1.29, 1.82) is 0 Å². The molecule has 0 saturated carbocycles. The molecule has 1 atom stereocenters. The van der Waals surface area contributed by atoms with E-state index < -0.39 is 5.25 Å². The van der Waals surface area contributed by atoms with E-state index in [1.165, 1.54) is 36.0 Å². The first-order valence-electron chi connectivity index (χ1n) is 8.94. The maximum Gasteiger partial charge on any atom is 0.242 e. The topological polar surface area (TPSA) is 67.0 Å². The molecule has 0 spiro atoms. The van der Waals surface area contributed by atoms with Crippen LogP contribution in [0.4, 0.5) is 10.1 Å². The number of thioether (sulfide) groups is 1. The number of ether oxygens (including phenoxy) is 1. The van der Waals surface area contributed by atoms with E-state index in [-0.39, 0.29) is 11.7 Å². The lowest BCUT2D eigenvalue weighted by molar-refractivity contribution is -0.115. The second kappa shape index (κ2) is 8.36. The van der Waals surface area contributed by atoms with Crippen molar-refractivity contribution in [3.63, 3.8) is 0 Å². The van der Waals surface area contributed by atoms with Crippen molar-refractivity contribution in [3.05, 3.63) is 84.2 Å². The number of nitrogens with zero attached hydrogens (tertiary/aromatic N) is 1. The Bertz CT molecular complexity index is 1130. The van der Waals surface area contributed by atoms with Gasteiger partial charge < -0.3 is 15.0 Å². The van der Waals surface area contributed by atoms with E-state index in [9.17, 15) is 9.18 Å². The van der Waals surface area contributed by atoms with Gasteiger partial charge in [0.25, 0.3) is 0 Å². The number of hydrogen-bond donors (Lipinski definition) is 2. The lowest BCUT2D eigenvalue weighted by Gasteiger charge is -2.16. The Balaban J connectivity index is 1.62. The van der Waals surface area contributed by atoms with Crippen LogP contribution in [0.15, 0.2) is 78.0 Å². The van der Waals surface area contributed by atoms with Gasteiger partial charge in [0, 0.05) is 11.8 Å². The molecule has 0 bridgehead atoms. The normalized spacial score (nSPS) is 11.9. The predicted octanol–water partition coefficient (Wildman–Crippen LogP) is 5.18. The number of carbonyl (C=O) groups is 1. The fourth-order valence-electron chi connectivity index (χ4n) is 2.90. The number of carbonyl (C=O) groups excluding carboxylic acids is 1. The van der Waals surface area contributed by atoms with E-state index in [0.29, 0.717) is 10.8 Å². The number of anilines is 1. The van der Waals surface area contributed by atoms with Gasteiger partial charge in [-0.1, -0.05) is 42.1 Å². The molecule has 4 rings (SSSR count). The second-order valence-corrected chi connectivity index (χ2v) is 7.42. The summed E-state index contributed by atoms with van der Waals surface area (Å²) in [4.78, 5) is 20.8. The van der Waals surface area contributed by atoms with Crippen molar-refractivity contribution < 1.29 is 13.9 Å². The van der Waals surface area contributed by atoms with Gasteiger partial charge in [-0.05, 0) is 42.0 Å². The Kier molecular flexibility index (Phi) is 5.48. The Morgan fingerprint density at radius 2 is 1.86 bits per heavy atom. The van der Waals surface area contributed by atoms with Crippen LogP contribution in [-0.2, 0) is 4.79 Å². The minimum Gasteiger partial charge on any atom is -0.497 e. The van der Waals surface area contributed by atoms with Crippen LogP contribution >= 0.6 is 11.8 Å². The van der Waals surface area contributed by atoms with Gasteiger partial charge in [-0.15, -0.1) is 0 Å². The van der Waals surface area contributed by atoms with Gasteiger partial charge in [0.05, 0.1) is 18.1 Å². The average molecular weight is 407 g/mol. The van der Waals surface area contributed by atoms with Gasteiger partial charge in [0.2, 0.25) is 5.91 Å². The predicted molar refractivity (Wildman–Crippen MR) is 113 cm³/mol. The number of fused-ring (bicyclic) bond motifs is 1. The third kappa shape index (κ3) is 4.41. The molecule has 2 N–H and O–H groups in total.